The van der Waals surface area contributed by atoms with E-state index in [1.54, 1.807) is 0 Å². The fourth-order valence-corrected chi connectivity index (χ4v) is 2.57. The van der Waals surface area contributed by atoms with Crippen molar-refractivity contribution in [3.05, 3.63) is 34.3 Å². The summed E-state index contributed by atoms with van der Waals surface area (Å²) in [5.74, 6) is 0.122. The Bertz CT molecular complexity index is 443. The van der Waals surface area contributed by atoms with Gasteiger partial charge >= 0.3 is 0 Å². The van der Waals surface area contributed by atoms with Crippen molar-refractivity contribution in [2.24, 2.45) is 0 Å². The van der Waals surface area contributed by atoms with Crippen LogP contribution in [0, 0.1) is 0 Å². The summed E-state index contributed by atoms with van der Waals surface area (Å²) in [6.45, 7) is 0.860. The van der Waals surface area contributed by atoms with Crippen LogP contribution in [0.5, 0.6) is 0 Å². The van der Waals surface area contributed by atoms with Crippen molar-refractivity contribution < 1.29 is 8.42 Å². The highest BCUT2D eigenvalue weighted by Crippen LogP contribution is 2.10. The highest BCUT2D eigenvalue weighted by Gasteiger charge is 2.09. The van der Waals surface area contributed by atoms with E-state index in [1.165, 1.54) is 0 Å². The van der Waals surface area contributed by atoms with Gasteiger partial charge in [0.1, 0.15) is 0 Å². The third-order valence-electron chi connectivity index (χ3n) is 2.22. The van der Waals surface area contributed by atoms with Crippen LogP contribution in [0.1, 0.15) is 5.56 Å². The second-order valence-corrected chi connectivity index (χ2v) is 6.91. The van der Waals surface area contributed by atoms with Crippen LogP contribution >= 0.6 is 15.9 Å². The molecule has 0 fully saturated rings. The Hall–Kier alpha value is -0.430. The summed E-state index contributed by atoms with van der Waals surface area (Å²) in [4.78, 5) is 1.85. The lowest BCUT2D eigenvalue weighted by molar-refractivity contribution is 0.431. The van der Waals surface area contributed by atoms with E-state index in [4.69, 9.17) is 0 Å². The number of nitrogens with zero attached hydrogens (tertiary/aromatic N) is 1. The molecule has 0 aromatic heterocycles. The predicted octanol–water partition coefficient (Wildman–Crippen LogP) is 1.43. The van der Waals surface area contributed by atoms with Gasteiger partial charge in [0.2, 0.25) is 10.0 Å². The van der Waals surface area contributed by atoms with Crippen molar-refractivity contribution in [1.82, 2.24) is 9.62 Å². The van der Waals surface area contributed by atoms with Gasteiger partial charge in [-0.25, -0.2) is 13.1 Å². The zero-order valence-corrected chi connectivity index (χ0v) is 12.4. The molecule has 0 unspecified atom stereocenters. The van der Waals surface area contributed by atoms with E-state index in [0.29, 0.717) is 13.1 Å². The lowest BCUT2D eigenvalue weighted by Crippen LogP contribution is -2.31. The van der Waals surface area contributed by atoms with E-state index < -0.39 is 10.0 Å². The lowest BCUT2D eigenvalue weighted by atomic mass is 10.2. The number of nitrogens with one attached hydrogen (secondary N) is 1. The largest absolute Gasteiger partial charge is 0.308 e. The molecule has 0 atom stereocenters. The van der Waals surface area contributed by atoms with Gasteiger partial charge in [-0.15, -0.1) is 0 Å². The Morgan fingerprint density at radius 1 is 1.24 bits per heavy atom. The number of hydrogen-bond acceptors (Lipinski definition) is 3. The maximum absolute atomic E-state index is 11.6. The van der Waals surface area contributed by atoms with Crippen molar-refractivity contribution in [2.75, 3.05) is 26.4 Å². The first-order valence-electron chi connectivity index (χ1n) is 5.25. The van der Waals surface area contributed by atoms with Gasteiger partial charge in [-0.1, -0.05) is 28.1 Å². The summed E-state index contributed by atoms with van der Waals surface area (Å²) in [5.41, 5.74) is 0.946. The van der Waals surface area contributed by atoms with Crippen LogP contribution in [0.25, 0.3) is 0 Å². The standard InChI is InChI=1S/C11H17BrN2O2S/c1-14(2)7-8-17(15,16)13-9-10-3-5-11(12)6-4-10/h3-6,13H,7-9H2,1-2H3. The zero-order chi connectivity index (χ0) is 12.9. The molecule has 1 aromatic carbocycles. The lowest BCUT2D eigenvalue weighted by Gasteiger charge is -2.10. The SMILES string of the molecule is CN(C)CCS(=O)(=O)NCc1ccc(Br)cc1. The van der Waals surface area contributed by atoms with E-state index in [2.05, 4.69) is 20.7 Å². The molecule has 0 heterocycles. The third-order valence-corrected chi connectivity index (χ3v) is 4.05. The van der Waals surface area contributed by atoms with Crippen LogP contribution in [0.4, 0.5) is 0 Å². The molecule has 0 bridgehead atoms. The number of halogens is 1. The van der Waals surface area contributed by atoms with E-state index in [1.807, 2.05) is 43.3 Å². The minimum Gasteiger partial charge on any atom is -0.308 e. The van der Waals surface area contributed by atoms with Crippen LogP contribution in [0.2, 0.25) is 0 Å². The number of rotatable bonds is 6. The molecule has 0 saturated carbocycles. The van der Waals surface area contributed by atoms with Gasteiger partial charge < -0.3 is 4.90 Å². The van der Waals surface area contributed by atoms with Crippen molar-refractivity contribution in [3.63, 3.8) is 0 Å². The fraction of sp³-hybridized carbons (Fsp3) is 0.455. The minimum absolute atomic E-state index is 0.122. The Kier molecular flexibility index (Phi) is 5.58. The zero-order valence-electron chi connectivity index (χ0n) is 9.98. The third kappa shape index (κ3) is 6.16. The average molecular weight is 321 g/mol. The molecule has 17 heavy (non-hydrogen) atoms. The second-order valence-electron chi connectivity index (χ2n) is 4.07. The molecule has 96 valence electrons. The molecule has 0 spiro atoms. The van der Waals surface area contributed by atoms with Crippen LogP contribution in [-0.4, -0.2) is 39.7 Å². The molecular weight excluding hydrogens is 304 g/mol. The van der Waals surface area contributed by atoms with Crippen LogP contribution in [-0.2, 0) is 16.6 Å². The predicted molar refractivity (Wildman–Crippen MR) is 73.3 cm³/mol. The van der Waals surface area contributed by atoms with Crippen LogP contribution in [0.3, 0.4) is 0 Å². The number of sulfonamides is 1. The Labute approximate surface area is 111 Å². The molecule has 0 amide bonds. The fourth-order valence-electron chi connectivity index (χ4n) is 1.17. The Balaban J connectivity index is 2.47. The molecule has 0 radical (unpaired) electrons. The molecular formula is C11H17BrN2O2S. The maximum Gasteiger partial charge on any atom is 0.213 e. The summed E-state index contributed by atoms with van der Waals surface area (Å²) < 4.78 is 26.8. The highest BCUT2D eigenvalue weighted by molar-refractivity contribution is 9.10. The molecule has 0 aliphatic carbocycles. The second kappa shape index (κ2) is 6.49. The van der Waals surface area contributed by atoms with E-state index >= 15 is 0 Å². The van der Waals surface area contributed by atoms with Crippen LogP contribution < -0.4 is 4.72 Å². The topological polar surface area (TPSA) is 49.4 Å². The minimum atomic E-state index is -3.19. The summed E-state index contributed by atoms with van der Waals surface area (Å²) in [7, 11) is 0.515. The number of benzene rings is 1. The van der Waals surface area contributed by atoms with Crippen molar-refractivity contribution in [2.45, 2.75) is 6.54 Å². The smallest absolute Gasteiger partial charge is 0.213 e. The first kappa shape index (κ1) is 14.6. The quantitative estimate of drug-likeness (QED) is 0.862. The maximum atomic E-state index is 11.6. The van der Waals surface area contributed by atoms with E-state index in [-0.39, 0.29) is 5.75 Å². The molecule has 1 aromatic rings. The molecule has 1 N–H and O–H groups in total. The summed E-state index contributed by atoms with van der Waals surface area (Å²) >= 11 is 3.33. The van der Waals surface area contributed by atoms with Gasteiger partial charge in [-0.2, -0.15) is 0 Å². The molecule has 0 aliphatic heterocycles. The molecule has 0 saturated heterocycles. The number of hydrogen-bond donors (Lipinski definition) is 1. The van der Waals surface area contributed by atoms with Gasteiger partial charge in [0.15, 0.2) is 0 Å². The summed E-state index contributed by atoms with van der Waals surface area (Å²) in [5, 5.41) is 0. The van der Waals surface area contributed by atoms with Crippen molar-refractivity contribution >= 4 is 26.0 Å². The van der Waals surface area contributed by atoms with Crippen molar-refractivity contribution in [1.29, 1.82) is 0 Å². The summed E-state index contributed by atoms with van der Waals surface area (Å²) in [6, 6.07) is 7.56. The van der Waals surface area contributed by atoms with Crippen molar-refractivity contribution in [3.8, 4) is 0 Å². The Morgan fingerprint density at radius 2 is 1.82 bits per heavy atom. The molecule has 1 rings (SSSR count). The van der Waals surface area contributed by atoms with E-state index in [9.17, 15) is 8.42 Å². The van der Waals surface area contributed by atoms with Gasteiger partial charge in [0, 0.05) is 17.6 Å². The van der Waals surface area contributed by atoms with Gasteiger partial charge in [0.05, 0.1) is 5.75 Å². The van der Waals surface area contributed by atoms with Gasteiger partial charge in [-0.05, 0) is 31.8 Å². The highest BCUT2D eigenvalue weighted by atomic mass is 79.9. The summed E-state index contributed by atoms with van der Waals surface area (Å²) in [6.07, 6.45) is 0. The van der Waals surface area contributed by atoms with E-state index in [0.717, 1.165) is 10.0 Å². The normalized spacial score (nSPS) is 12.0. The average Bonchev–Trinajstić information content (AvgIpc) is 2.26. The van der Waals surface area contributed by atoms with Crippen LogP contribution in [0.15, 0.2) is 28.7 Å². The molecule has 6 heteroatoms. The van der Waals surface area contributed by atoms with Gasteiger partial charge in [0.25, 0.3) is 0 Å². The molecule has 0 aliphatic rings. The van der Waals surface area contributed by atoms with Gasteiger partial charge in [-0.3, -0.25) is 0 Å². The first-order chi connectivity index (χ1) is 7.89. The molecule has 4 nitrogen and oxygen atoms in total. The Morgan fingerprint density at radius 3 is 2.35 bits per heavy atom. The monoisotopic (exact) mass is 320 g/mol. The first-order valence-corrected chi connectivity index (χ1v) is 7.70.